The van der Waals surface area contributed by atoms with Crippen LogP contribution in [-0.4, -0.2) is 24.1 Å². The average Bonchev–Trinajstić information content (AvgIpc) is 3.30. The fourth-order valence-corrected chi connectivity index (χ4v) is 3.08. The Bertz CT molecular complexity index is 557. The number of rotatable bonds is 5. The molecule has 3 heteroatoms. The first kappa shape index (κ1) is 14.1. The van der Waals surface area contributed by atoms with Crippen LogP contribution >= 0.6 is 0 Å². The Morgan fingerprint density at radius 3 is 2.62 bits per heavy atom. The maximum absolute atomic E-state index is 4.80. The highest BCUT2D eigenvalue weighted by Gasteiger charge is 2.36. The van der Waals surface area contributed by atoms with Gasteiger partial charge in [0.1, 0.15) is 5.84 Å². The molecule has 0 bridgehead atoms. The Kier molecular flexibility index (Phi) is 3.91. The first-order chi connectivity index (χ1) is 10.2. The number of hydrazone groups is 1. The fraction of sp³-hybridized carbons (Fsp3) is 0.444. The van der Waals surface area contributed by atoms with Gasteiger partial charge in [0, 0.05) is 12.6 Å². The molecule has 0 amide bonds. The van der Waals surface area contributed by atoms with E-state index in [1.807, 2.05) is 11.1 Å². The van der Waals surface area contributed by atoms with Gasteiger partial charge in [0.2, 0.25) is 0 Å². The van der Waals surface area contributed by atoms with Crippen LogP contribution in [0, 0.1) is 11.8 Å². The Hall–Kier alpha value is -1.90. The fourth-order valence-electron chi connectivity index (χ4n) is 3.08. The van der Waals surface area contributed by atoms with Gasteiger partial charge in [-0.2, -0.15) is 5.10 Å². The minimum absolute atomic E-state index is 0.256. The molecule has 1 saturated carbocycles. The maximum Gasteiger partial charge on any atom is 0.123 e. The van der Waals surface area contributed by atoms with Crippen molar-refractivity contribution in [1.29, 1.82) is 0 Å². The summed E-state index contributed by atoms with van der Waals surface area (Å²) >= 11 is 0. The lowest BCUT2D eigenvalue weighted by Gasteiger charge is -2.21. The molecule has 1 saturated heterocycles. The summed E-state index contributed by atoms with van der Waals surface area (Å²) < 4.78 is 0. The summed E-state index contributed by atoms with van der Waals surface area (Å²) in [6, 6.07) is 10.8. The number of benzene rings is 1. The zero-order valence-corrected chi connectivity index (χ0v) is 12.7. The highest BCUT2D eigenvalue weighted by molar-refractivity contribution is 5.87. The monoisotopic (exact) mass is 281 g/mol. The van der Waals surface area contributed by atoms with Crippen LogP contribution in [-0.2, 0) is 0 Å². The average molecular weight is 281 g/mol. The predicted octanol–water partition coefficient (Wildman–Crippen LogP) is 4.05. The summed E-state index contributed by atoms with van der Waals surface area (Å²) in [4.78, 5) is 4.80. The van der Waals surface area contributed by atoms with Crippen molar-refractivity contribution < 1.29 is 0 Å². The van der Waals surface area contributed by atoms with E-state index in [4.69, 9.17) is 4.99 Å². The molecule has 3 rings (SSSR count). The quantitative estimate of drug-likeness (QED) is 0.591. The minimum Gasteiger partial charge on any atom is -0.266 e. The molecular formula is C18H23N3. The molecule has 1 heterocycles. The largest absolute Gasteiger partial charge is 0.266 e. The van der Waals surface area contributed by atoms with E-state index in [1.54, 1.807) is 0 Å². The summed E-state index contributed by atoms with van der Waals surface area (Å²) in [6.07, 6.45) is 3.61. The van der Waals surface area contributed by atoms with E-state index in [1.165, 1.54) is 24.0 Å². The van der Waals surface area contributed by atoms with Crippen LogP contribution in [0.15, 0.2) is 52.6 Å². The van der Waals surface area contributed by atoms with E-state index < -0.39 is 0 Å². The third kappa shape index (κ3) is 2.92. The van der Waals surface area contributed by atoms with Gasteiger partial charge in [0.05, 0.1) is 12.6 Å². The molecule has 21 heavy (non-hydrogen) atoms. The molecule has 3 nitrogen and oxygen atoms in total. The Morgan fingerprint density at radius 2 is 2.00 bits per heavy atom. The highest BCUT2D eigenvalue weighted by atomic mass is 15.5. The normalized spacial score (nSPS) is 27.1. The number of hydrogen-bond donors (Lipinski definition) is 0. The van der Waals surface area contributed by atoms with Crippen LogP contribution in [0.3, 0.4) is 0 Å². The summed E-state index contributed by atoms with van der Waals surface area (Å²) in [5.41, 5.74) is 2.55. The molecule has 1 aliphatic heterocycles. The van der Waals surface area contributed by atoms with Gasteiger partial charge in [-0.1, -0.05) is 49.4 Å². The van der Waals surface area contributed by atoms with Crippen LogP contribution < -0.4 is 0 Å². The molecule has 0 aromatic heterocycles. The van der Waals surface area contributed by atoms with Crippen molar-refractivity contribution in [3.8, 4) is 0 Å². The maximum atomic E-state index is 4.80. The molecule has 0 radical (unpaired) electrons. The van der Waals surface area contributed by atoms with Gasteiger partial charge >= 0.3 is 0 Å². The highest BCUT2D eigenvalue weighted by Crippen LogP contribution is 2.38. The van der Waals surface area contributed by atoms with Gasteiger partial charge in [-0.15, -0.1) is 0 Å². The van der Waals surface area contributed by atoms with E-state index in [0.29, 0.717) is 11.8 Å². The SMILES string of the molecule is C=NN1/C(=N\CC(=C)C2CC2)C(C)CC1c1ccccc1. The van der Waals surface area contributed by atoms with Crippen molar-refractivity contribution in [2.45, 2.75) is 32.2 Å². The lowest BCUT2D eigenvalue weighted by atomic mass is 10.0. The Balaban J connectivity index is 1.79. The molecule has 110 valence electrons. The Morgan fingerprint density at radius 1 is 1.29 bits per heavy atom. The number of aliphatic imine (C=N–C) groups is 1. The first-order valence-electron chi connectivity index (χ1n) is 7.73. The van der Waals surface area contributed by atoms with Crippen molar-refractivity contribution >= 4 is 12.6 Å². The molecule has 0 N–H and O–H groups in total. The summed E-state index contributed by atoms with van der Waals surface area (Å²) in [6.45, 7) is 10.9. The van der Waals surface area contributed by atoms with Crippen molar-refractivity contribution in [3.63, 3.8) is 0 Å². The number of amidine groups is 1. The molecule has 1 aromatic carbocycles. The van der Waals surface area contributed by atoms with Crippen molar-refractivity contribution in [2.24, 2.45) is 21.9 Å². The molecular weight excluding hydrogens is 258 g/mol. The van der Waals surface area contributed by atoms with Gasteiger partial charge in [-0.05, 0) is 30.7 Å². The second-order valence-corrected chi connectivity index (χ2v) is 6.16. The molecule has 0 spiro atoms. The number of nitrogens with zero attached hydrogens (tertiary/aromatic N) is 3. The summed E-state index contributed by atoms with van der Waals surface area (Å²) in [5.74, 6) is 2.18. The van der Waals surface area contributed by atoms with E-state index in [2.05, 4.69) is 49.6 Å². The van der Waals surface area contributed by atoms with Gasteiger partial charge in [0.25, 0.3) is 0 Å². The summed E-state index contributed by atoms with van der Waals surface area (Å²) in [7, 11) is 0. The van der Waals surface area contributed by atoms with Gasteiger partial charge in [-0.25, -0.2) is 5.01 Å². The van der Waals surface area contributed by atoms with Crippen LogP contribution in [0.1, 0.15) is 37.8 Å². The van der Waals surface area contributed by atoms with Crippen LogP contribution in [0.4, 0.5) is 0 Å². The van der Waals surface area contributed by atoms with Crippen LogP contribution in [0.5, 0.6) is 0 Å². The van der Waals surface area contributed by atoms with Crippen LogP contribution in [0.25, 0.3) is 0 Å². The van der Waals surface area contributed by atoms with Crippen molar-refractivity contribution in [1.82, 2.24) is 5.01 Å². The zero-order valence-electron chi connectivity index (χ0n) is 12.7. The second-order valence-electron chi connectivity index (χ2n) is 6.16. The lowest BCUT2D eigenvalue weighted by Crippen LogP contribution is -2.24. The zero-order chi connectivity index (χ0) is 14.8. The van der Waals surface area contributed by atoms with Crippen LogP contribution in [0.2, 0.25) is 0 Å². The third-order valence-electron chi connectivity index (χ3n) is 4.48. The molecule has 2 atom stereocenters. The lowest BCUT2D eigenvalue weighted by molar-refractivity contribution is 0.360. The molecule has 1 aliphatic carbocycles. The van der Waals surface area contributed by atoms with Gasteiger partial charge < -0.3 is 0 Å². The standard InChI is InChI=1S/C18H23N3/c1-13-11-17(16-7-5-4-6-8-16)21(19-3)18(13)20-12-14(2)15-9-10-15/h4-8,13,15,17H,2-3,9-12H2,1H3/b20-18-. The van der Waals surface area contributed by atoms with Crippen molar-refractivity contribution in [3.05, 3.63) is 48.0 Å². The first-order valence-corrected chi connectivity index (χ1v) is 7.73. The molecule has 2 fully saturated rings. The third-order valence-corrected chi connectivity index (χ3v) is 4.48. The Labute approximate surface area is 127 Å². The van der Waals surface area contributed by atoms with E-state index in [9.17, 15) is 0 Å². The minimum atomic E-state index is 0.256. The van der Waals surface area contributed by atoms with Gasteiger partial charge in [0.15, 0.2) is 0 Å². The predicted molar refractivity (Wildman–Crippen MR) is 88.5 cm³/mol. The van der Waals surface area contributed by atoms with E-state index >= 15 is 0 Å². The smallest absolute Gasteiger partial charge is 0.123 e. The van der Waals surface area contributed by atoms with Crippen molar-refractivity contribution in [2.75, 3.05) is 6.54 Å². The molecule has 2 unspecified atom stereocenters. The van der Waals surface area contributed by atoms with Gasteiger partial charge in [-0.3, -0.25) is 4.99 Å². The van der Waals surface area contributed by atoms with E-state index in [-0.39, 0.29) is 6.04 Å². The number of hydrogen-bond acceptors (Lipinski definition) is 2. The molecule has 2 aliphatic rings. The second kappa shape index (κ2) is 5.84. The topological polar surface area (TPSA) is 28.0 Å². The van der Waals surface area contributed by atoms with E-state index in [0.717, 1.165) is 18.8 Å². The summed E-state index contributed by atoms with van der Waals surface area (Å²) in [5, 5.41) is 6.24. The molecule has 1 aromatic rings.